The molecule has 0 amide bonds. The molecule has 0 radical (unpaired) electrons. The minimum Gasteiger partial charge on any atom is -0.339 e. The van der Waals surface area contributed by atoms with Crippen molar-refractivity contribution in [2.45, 2.75) is 50.0 Å². The maximum atomic E-state index is 5.59. The largest absolute Gasteiger partial charge is 0.339 e. The third-order valence-electron chi connectivity index (χ3n) is 5.08. The highest BCUT2D eigenvalue weighted by Gasteiger charge is 2.33. The summed E-state index contributed by atoms with van der Waals surface area (Å²) in [6.07, 6.45) is 5.67. The van der Waals surface area contributed by atoms with Crippen LogP contribution in [0.15, 0.2) is 28.8 Å². The van der Waals surface area contributed by atoms with Crippen molar-refractivity contribution in [2.24, 2.45) is 0 Å². The first kappa shape index (κ1) is 13.0. The predicted molar refractivity (Wildman–Crippen MR) is 80.3 cm³/mol. The van der Waals surface area contributed by atoms with E-state index in [1.54, 1.807) is 0 Å². The summed E-state index contributed by atoms with van der Waals surface area (Å²) in [7, 11) is 2.02. The number of benzene rings is 1. The zero-order chi connectivity index (χ0) is 14.2. The molecule has 2 unspecified atom stereocenters. The van der Waals surface area contributed by atoms with Gasteiger partial charge in [0.2, 0.25) is 5.89 Å². The van der Waals surface area contributed by atoms with Crippen molar-refractivity contribution < 1.29 is 4.52 Å². The smallest absolute Gasteiger partial charge is 0.231 e. The van der Waals surface area contributed by atoms with Crippen LogP contribution in [-0.2, 0) is 12.8 Å². The van der Waals surface area contributed by atoms with Gasteiger partial charge in [-0.2, -0.15) is 4.98 Å². The van der Waals surface area contributed by atoms with E-state index in [9.17, 15) is 0 Å². The topological polar surface area (TPSA) is 51.0 Å². The fraction of sp³-hybridized carbons (Fsp3) is 0.529. The van der Waals surface area contributed by atoms with E-state index in [4.69, 9.17) is 9.51 Å². The third-order valence-corrected chi connectivity index (χ3v) is 5.08. The highest BCUT2D eigenvalue weighted by atomic mass is 16.5. The van der Waals surface area contributed by atoms with E-state index in [0.717, 1.165) is 31.0 Å². The van der Waals surface area contributed by atoms with Crippen molar-refractivity contribution in [2.75, 3.05) is 7.05 Å². The molecule has 21 heavy (non-hydrogen) atoms. The molecular weight excluding hydrogens is 262 g/mol. The number of hydrogen-bond donors (Lipinski definition) is 1. The number of aromatic nitrogens is 2. The predicted octanol–water partition coefficient (Wildman–Crippen LogP) is 2.81. The summed E-state index contributed by atoms with van der Waals surface area (Å²) >= 11 is 0. The molecule has 0 bridgehead atoms. The molecule has 2 aliphatic carbocycles. The van der Waals surface area contributed by atoms with E-state index >= 15 is 0 Å². The molecule has 1 fully saturated rings. The minimum atomic E-state index is 0.384. The van der Waals surface area contributed by atoms with Gasteiger partial charge in [0.05, 0.1) is 5.92 Å². The summed E-state index contributed by atoms with van der Waals surface area (Å²) in [5.41, 5.74) is 2.87. The van der Waals surface area contributed by atoms with Crippen molar-refractivity contribution in [3.8, 4) is 0 Å². The van der Waals surface area contributed by atoms with Crippen LogP contribution >= 0.6 is 0 Å². The number of nitrogens with zero attached hydrogens (tertiary/aromatic N) is 2. The van der Waals surface area contributed by atoms with Gasteiger partial charge in [-0.3, -0.25) is 0 Å². The summed E-state index contributed by atoms with van der Waals surface area (Å²) in [6.45, 7) is 0. The highest BCUT2D eigenvalue weighted by Crippen LogP contribution is 2.36. The summed E-state index contributed by atoms with van der Waals surface area (Å²) in [4.78, 5) is 4.74. The van der Waals surface area contributed by atoms with E-state index in [-0.39, 0.29) is 0 Å². The van der Waals surface area contributed by atoms with Gasteiger partial charge in [-0.1, -0.05) is 35.8 Å². The lowest BCUT2D eigenvalue weighted by Gasteiger charge is -2.14. The van der Waals surface area contributed by atoms with Crippen LogP contribution in [0.4, 0.5) is 0 Å². The van der Waals surface area contributed by atoms with Gasteiger partial charge >= 0.3 is 0 Å². The second kappa shape index (κ2) is 5.26. The number of hydrogen-bond acceptors (Lipinski definition) is 4. The first-order valence-corrected chi connectivity index (χ1v) is 7.92. The van der Waals surface area contributed by atoms with E-state index in [0.29, 0.717) is 17.9 Å². The van der Waals surface area contributed by atoms with Crippen LogP contribution in [0.1, 0.15) is 53.9 Å². The lowest BCUT2D eigenvalue weighted by Crippen LogP contribution is -2.27. The molecule has 1 heterocycles. The Morgan fingerprint density at radius 2 is 1.90 bits per heavy atom. The highest BCUT2D eigenvalue weighted by molar-refractivity contribution is 5.34. The second-order valence-corrected chi connectivity index (χ2v) is 6.30. The summed E-state index contributed by atoms with van der Waals surface area (Å²) < 4.78 is 5.59. The Morgan fingerprint density at radius 1 is 1.14 bits per heavy atom. The zero-order valence-electron chi connectivity index (χ0n) is 12.4. The zero-order valence-corrected chi connectivity index (χ0v) is 12.4. The van der Waals surface area contributed by atoms with Crippen molar-refractivity contribution in [3.05, 3.63) is 47.1 Å². The Balaban J connectivity index is 1.53. The van der Waals surface area contributed by atoms with Gasteiger partial charge < -0.3 is 9.84 Å². The van der Waals surface area contributed by atoms with Crippen LogP contribution in [-0.4, -0.2) is 23.2 Å². The van der Waals surface area contributed by atoms with Crippen LogP contribution in [0.25, 0.3) is 0 Å². The molecule has 4 nitrogen and oxygen atoms in total. The first-order valence-electron chi connectivity index (χ1n) is 7.92. The first-order chi connectivity index (χ1) is 10.3. The molecule has 0 aliphatic heterocycles. The average molecular weight is 283 g/mol. The molecule has 0 spiro atoms. The van der Waals surface area contributed by atoms with E-state index < -0.39 is 0 Å². The van der Waals surface area contributed by atoms with Crippen molar-refractivity contribution in [1.82, 2.24) is 15.5 Å². The van der Waals surface area contributed by atoms with Crippen LogP contribution < -0.4 is 5.32 Å². The number of fused-ring (bicyclic) bond motifs is 1. The maximum absolute atomic E-state index is 5.59. The molecule has 1 saturated carbocycles. The van der Waals surface area contributed by atoms with Crippen molar-refractivity contribution in [1.29, 1.82) is 0 Å². The van der Waals surface area contributed by atoms with E-state index in [1.807, 2.05) is 7.05 Å². The van der Waals surface area contributed by atoms with Crippen LogP contribution in [0.3, 0.4) is 0 Å². The average Bonchev–Trinajstić information content (AvgIpc) is 3.23. The SMILES string of the molecule is CNC1CCCC1c1nc(C2Cc3ccccc3C2)no1. The maximum Gasteiger partial charge on any atom is 0.231 e. The second-order valence-electron chi connectivity index (χ2n) is 6.30. The Kier molecular flexibility index (Phi) is 3.26. The van der Waals surface area contributed by atoms with Gasteiger partial charge in [-0.25, -0.2) is 0 Å². The Hall–Kier alpha value is -1.68. The molecule has 1 N–H and O–H groups in total. The quantitative estimate of drug-likeness (QED) is 0.941. The lowest BCUT2D eigenvalue weighted by molar-refractivity contribution is 0.331. The molecule has 1 aromatic carbocycles. The summed E-state index contributed by atoms with van der Waals surface area (Å²) in [5, 5.41) is 7.66. The van der Waals surface area contributed by atoms with Gasteiger partial charge in [-0.05, 0) is 43.9 Å². The molecule has 110 valence electrons. The standard InChI is InChI=1S/C17H21N3O/c1-18-15-8-4-7-14(15)17-19-16(20-21-17)13-9-11-5-2-3-6-12(11)10-13/h2-3,5-6,13-15,18H,4,7-10H2,1H3. The van der Waals surface area contributed by atoms with Gasteiger partial charge in [0, 0.05) is 12.0 Å². The monoisotopic (exact) mass is 283 g/mol. The number of nitrogens with one attached hydrogen (secondary N) is 1. The van der Waals surface area contributed by atoms with Crippen molar-refractivity contribution >= 4 is 0 Å². The molecule has 2 atom stereocenters. The third kappa shape index (κ3) is 2.27. The van der Waals surface area contributed by atoms with E-state index in [1.165, 1.54) is 24.0 Å². The number of likely N-dealkylation sites (N-methyl/N-ethyl adjacent to an activating group) is 1. The Bertz CT molecular complexity index is 611. The van der Waals surface area contributed by atoms with Crippen LogP contribution in [0.5, 0.6) is 0 Å². The normalized spacial score (nSPS) is 25.4. The molecule has 4 heteroatoms. The summed E-state index contributed by atoms with van der Waals surface area (Å²) in [5.74, 6) is 2.50. The number of rotatable bonds is 3. The molecular formula is C17H21N3O. The van der Waals surface area contributed by atoms with Gasteiger partial charge in [0.25, 0.3) is 0 Å². The van der Waals surface area contributed by atoms with Gasteiger partial charge in [-0.15, -0.1) is 0 Å². The van der Waals surface area contributed by atoms with Gasteiger partial charge in [0.1, 0.15) is 0 Å². The minimum absolute atomic E-state index is 0.384. The van der Waals surface area contributed by atoms with Gasteiger partial charge in [0.15, 0.2) is 5.82 Å². The molecule has 1 aromatic heterocycles. The van der Waals surface area contributed by atoms with E-state index in [2.05, 4.69) is 34.7 Å². The van der Waals surface area contributed by atoms with Crippen molar-refractivity contribution in [3.63, 3.8) is 0 Å². The van der Waals surface area contributed by atoms with Crippen LogP contribution in [0.2, 0.25) is 0 Å². The fourth-order valence-electron chi connectivity index (χ4n) is 3.91. The summed E-state index contributed by atoms with van der Waals surface area (Å²) in [6, 6.07) is 9.13. The lowest BCUT2D eigenvalue weighted by atomic mass is 10.0. The molecule has 0 saturated heterocycles. The van der Waals surface area contributed by atoms with Crippen LogP contribution in [0, 0.1) is 0 Å². The Labute approximate surface area is 124 Å². The molecule has 2 aromatic rings. The Morgan fingerprint density at radius 3 is 2.62 bits per heavy atom. The molecule has 4 rings (SSSR count). The molecule has 2 aliphatic rings. The fourth-order valence-corrected chi connectivity index (χ4v) is 3.91.